The van der Waals surface area contributed by atoms with Gasteiger partial charge in [-0.15, -0.1) is 0 Å². The van der Waals surface area contributed by atoms with E-state index in [0.29, 0.717) is 23.6 Å². The number of hydrogen-bond acceptors (Lipinski definition) is 8. The Kier molecular flexibility index (Phi) is 10.7. The topological polar surface area (TPSA) is 136 Å². The van der Waals surface area contributed by atoms with Crippen molar-refractivity contribution in [1.82, 2.24) is 10.7 Å². The number of ether oxygens (including phenoxy) is 3. The standard InChI is InChI=1S/C31H36N4O7S/c1-22-6-13-27(14-7-22)43(38,39)35(28-17-23(2)8-15-29(28)40-3)20-30(36)34-33-18-24-9-11-25(12-10-24)42-21-31(37)32-19-26-5-4-16-41-26/h6-15,17-18,26H,4-5,16,19-21H2,1-3H3,(H,32,37)(H,34,36)/b33-18-/t26-/m0/s1. The van der Waals surface area contributed by atoms with Gasteiger partial charge in [-0.05, 0) is 86.3 Å². The zero-order valence-electron chi connectivity index (χ0n) is 24.4. The smallest absolute Gasteiger partial charge is 0.264 e. The largest absolute Gasteiger partial charge is 0.495 e. The fraction of sp³-hybridized carbons (Fsp3) is 0.323. The van der Waals surface area contributed by atoms with E-state index < -0.39 is 22.5 Å². The Hall–Kier alpha value is -4.42. The first kappa shape index (κ1) is 31.5. The lowest BCUT2D eigenvalue weighted by Gasteiger charge is -2.25. The van der Waals surface area contributed by atoms with Crippen LogP contribution in [0.3, 0.4) is 0 Å². The number of nitrogens with one attached hydrogen (secondary N) is 2. The molecule has 1 aliphatic rings. The minimum absolute atomic E-state index is 0.0422. The van der Waals surface area contributed by atoms with E-state index in [0.717, 1.165) is 34.9 Å². The van der Waals surface area contributed by atoms with E-state index in [9.17, 15) is 18.0 Å². The van der Waals surface area contributed by atoms with Gasteiger partial charge in [-0.2, -0.15) is 5.10 Å². The van der Waals surface area contributed by atoms with E-state index in [1.54, 1.807) is 54.6 Å². The maximum absolute atomic E-state index is 13.7. The zero-order valence-corrected chi connectivity index (χ0v) is 25.2. The average molecular weight is 609 g/mol. The molecule has 0 aromatic heterocycles. The first-order chi connectivity index (χ1) is 20.7. The number of carbonyl (C=O) groups excluding carboxylic acids is 2. The fourth-order valence-corrected chi connectivity index (χ4v) is 5.78. The van der Waals surface area contributed by atoms with Crippen LogP contribution in [0, 0.1) is 13.8 Å². The van der Waals surface area contributed by atoms with E-state index >= 15 is 0 Å². The normalized spacial score (nSPS) is 14.8. The second-order valence-electron chi connectivity index (χ2n) is 10.1. The van der Waals surface area contributed by atoms with Crippen molar-refractivity contribution in [3.63, 3.8) is 0 Å². The van der Waals surface area contributed by atoms with Gasteiger partial charge in [0.1, 0.15) is 18.0 Å². The van der Waals surface area contributed by atoms with Crippen molar-refractivity contribution in [2.45, 2.75) is 37.7 Å². The van der Waals surface area contributed by atoms with E-state index in [4.69, 9.17) is 14.2 Å². The van der Waals surface area contributed by atoms with Gasteiger partial charge in [0.05, 0.1) is 30.0 Å². The molecule has 3 aromatic rings. The molecule has 1 fully saturated rings. The second kappa shape index (κ2) is 14.7. The van der Waals surface area contributed by atoms with Crippen molar-refractivity contribution in [3.05, 3.63) is 83.4 Å². The van der Waals surface area contributed by atoms with Crippen LogP contribution in [-0.2, 0) is 24.3 Å². The molecule has 2 N–H and O–H groups in total. The third-order valence-corrected chi connectivity index (χ3v) is 8.48. The van der Waals surface area contributed by atoms with Crippen LogP contribution in [0.25, 0.3) is 0 Å². The van der Waals surface area contributed by atoms with E-state index in [-0.39, 0.29) is 29.2 Å². The molecule has 1 heterocycles. The van der Waals surface area contributed by atoms with Crippen molar-refractivity contribution in [2.24, 2.45) is 5.10 Å². The molecule has 4 rings (SSSR count). The van der Waals surface area contributed by atoms with Gasteiger partial charge in [-0.1, -0.05) is 23.8 Å². The Bertz CT molecular complexity index is 1540. The Morgan fingerprint density at radius 2 is 1.74 bits per heavy atom. The number of amides is 2. The van der Waals surface area contributed by atoms with Crippen LogP contribution in [0.1, 0.15) is 29.5 Å². The fourth-order valence-electron chi connectivity index (χ4n) is 4.36. The average Bonchev–Trinajstić information content (AvgIpc) is 3.52. The van der Waals surface area contributed by atoms with E-state index in [2.05, 4.69) is 15.8 Å². The van der Waals surface area contributed by atoms with Crippen molar-refractivity contribution in [1.29, 1.82) is 0 Å². The zero-order chi connectivity index (χ0) is 30.8. The van der Waals surface area contributed by atoms with Crippen molar-refractivity contribution in [2.75, 3.05) is 37.7 Å². The Morgan fingerprint density at radius 3 is 2.42 bits per heavy atom. The third kappa shape index (κ3) is 8.79. The van der Waals surface area contributed by atoms with Gasteiger partial charge in [0.2, 0.25) is 0 Å². The molecule has 1 aliphatic heterocycles. The van der Waals surface area contributed by atoms with Crippen LogP contribution in [0.4, 0.5) is 5.69 Å². The van der Waals surface area contributed by atoms with E-state index in [1.165, 1.54) is 25.5 Å². The number of hydrogen-bond donors (Lipinski definition) is 2. The summed E-state index contributed by atoms with van der Waals surface area (Å²) in [5.74, 6) is -0.0762. The summed E-state index contributed by atoms with van der Waals surface area (Å²) in [7, 11) is -2.69. The maximum Gasteiger partial charge on any atom is 0.264 e. The lowest BCUT2D eigenvalue weighted by Crippen LogP contribution is -2.39. The summed E-state index contributed by atoms with van der Waals surface area (Å²) in [4.78, 5) is 25.0. The molecule has 1 atom stereocenters. The van der Waals surface area contributed by atoms with Crippen LogP contribution in [-0.4, -0.2) is 66.0 Å². The van der Waals surface area contributed by atoms with Crippen molar-refractivity contribution in [3.8, 4) is 11.5 Å². The maximum atomic E-state index is 13.7. The highest BCUT2D eigenvalue weighted by Crippen LogP contribution is 2.33. The summed E-state index contributed by atoms with van der Waals surface area (Å²) < 4.78 is 44.8. The Balaban J connectivity index is 1.37. The van der Waals surface area contributed by atoms with Crippen LogP contribution in [0.2, 0.25) is 0 Å². The van der Waals surface area contributed by atoms with Crippen molar-refractivity contribution >= 4 is 33.7 Å². The molecule has 0 aliphatic carbocycles. The van der Waals surface area contributed by atoms with E-state index in [1.807, 2.05) is 13.8 Å². The molecule has 0 bridgehead atoms. The minimum Gasteiger partial charge on any atom is -0.495 e. The molecule has 0 radical (unpaired) electrons. The summed E-state index contributed by atoms with van der Waals surface area (Å²) >= 11 is 0. The molecule has 0 saturated carbocycles. The number of benzene rings is 3. The highest BCUT2D eigenvalue weighted by molar-refractivity contribution is 7.92. The van der Waals surface area contributed by atoms with Gasteiger partial charge in [-0.3, -0.25) is 13.9 Å². The predicted octanol–water partition coefficient (Wildman–Crippen LogP) is 3.33. The summed E-state index contributed by atoms with van der Waals surface area (Å²) in [5, 5.41) is 6.79. The van der Waals surface area contributed by atoms with Crippen LogP contribution in [0.5, 0.6) is 11.5 Å². The Labute approximate surface area is 251 Å². The third-order valence-electron chi connectivity index (χ3n) is 6.70. The van der Waals surface area contributed by atoms with Crippen LogP contribution < -0.4 is 24.5 Å². The van der Waals surface area contributed by atoms with Gasteiger partial charge < -0.3 is 19.5 Å². The number of anilines is 1. The van der Waals surface area contributed by atoms with Crippen LogP contribution in [0.15, 0.2) is 76.7 Å². The number of aryl methyl sites for hydroxylation is 2. The molecule has 43 heavy (non-hydrogen) atoms. The number of hydrazone groups is 1. The molecule has 12 heteroatoms. The minimum atomic E-state index is -4.13. The number of sulfonamides is 1. The first-order valence-corrected chi connectivity index (χ1v) is 15.3. The van der Waals surface area contributed by atoms with Crippen LogP contribution >= 0.6 is 0 Å². The Morgan fingerprint density at radius 1 is 1.02 bits per heavy atom. The van der Waals surface area contributed by atoms with Gasteiger partial charge in [0, 0.05) is 13.2 Å². The SMILES string of the molecule is COc1ccc(C)cc1N(CC(=O)N/N=C\c1ccc(OCC(=O)NC[C@@H]2CCCO2)cc1)S(=O)(=O)c1ccc(C)cc1. The van der Waals surface area contributed by atoms with Gasteiger partial charge >= 0.3 is 0 Å². The number of carbonyl (C=O) groups is 2. The molecule has 1 saturated heterocycles. The molecular formula is C31H36N4O7S. The van der Waals surface area contributed by atoms with Gasteiger partial charge in [0.15, 0.2) is 6.61 Å². The monoisotopic (exact) mass is 608 g/mol. The number of rotatable bonds is 13. The van der Waals surface area contributed by atoms with Gasteiger partial charge in [-0.25, -0.2) is 13.8 Å². The molecular weight excluding hydrogens is 572 g/mol. The number of nitrogens with zero attached hydrogens (tertiary/aromatic N) is 2. The summed E-state index contributed by atoms with van der Waals surface area (Å²) in [6.45, 7) is 4.22. The number of methoxy groups -OCH3 is 1. The van der Waals surface area contributed by atoms with Gasteiger partial charge in [0.25, 0.3) is 21.8 Å². The first-order valence-electron chi connectivity index (χ1n) is 13.8. The summed E-state index contributed by atoms with van der Waals surface area (Å²) in [6, 6.07) is 18.3. The lowest BCUT2D eigenvalue weighted by molar-refractivity contribution is -0.123. The highest BCUT2D eigenvalue weighted by Gasteiger charge is 2.29. The lowest BCUT2D eigenvalue weighted by atomic mass is 10.2. The molecule has 11 nitrogen and oxygen atoms in total. The molecule has 228 valence electrons. The molecule has 0 unspecified atom stereocenters. The quantitative estimate of drug-likeness (QED) is 0.224. The molecule has 2 amide bonds. The second-order valence-corrected chi connectivity index (χ2v) is 12.0. The highest BCUT2D eigenvalue weighted by atomic mass is 32.2. The summed E-state index contributed by atoms with van der Waals surface area (Å²) in [6.07, 6.45) is 3.43. The van der Waals surface area contributed by atoms with Crippen molar-refractivity contribution < 1.29 is 32.2 Å². The summed E-state index contributed by atoms with van der Waals surface area (Å²) in [5.41, 5.74) is 4.98. The molecule has 3 aromatic carbocycles. The molecule has 0 spiro atoms. The predicted molar refractivity (Wildman–Crippen MR) is 163 cm³/mol.